The molecule has 7 nitrogen and oxygen atoms in total. The van der Waals surface area contributed by atoms with Gasteiger partial charge in [-0.3, -0.25) is 0 Å². The van der Waals surface area contributed by atoms with Gasteiger partial charge in [-0.2, -0.15) is 0 Å². The third-order valence-corrected chi connectivity index (χ3v) is 7.74. The number of nitrogens with two attached hydrogens (primary N) is 1. The second kappa shape index (κ2) is 7.24. The van der Waals surface area contributed by atoms with Crippen LogP contribution in [0.5, 0.6) is 0 Å². The first-order valence-corrected chi connectivity index (χ1v) is 12.6. The van der Waals surface area contributed by atoms with E-state index in [0.29, 0.717) is 10.9 Å². The van der Waals surface area contributed by atoms with Gasteiger partial charge in [0.15, 0.2) is 15.7 Å². The van der Waals surface area contributed by atoms with Crippen LogP contribution in [-0.4, -0.2) is 55.9 Å². The minimum Gasteiger partial charge on any atom is -0.368 e. The van der Waals surface area contributed by atoms with Crippen molar-refractivity contribution in [1.82, 2.24) is 9.55 Å². The lowest BCUT2D eigenvalue weighted by Crippen LogP contribution is -2.49. The van der Waals surface area contributed by atoms with E-state index in [-0.39, 0.29) is 5.54 Å². The maximum Gasteiger partial charge on any atom is 0.175 e. The molecule has 1 aromatic carbocycles. The molecule has 5 rings (SSSR count). The fourth-order valence-electron chi connectivity index (χ4n) is 4.92. The maximum absolute atomic E-state index is 11.7. The summed E-state index contributed by atoms with van der Waals surface area (Å²) < 4.78 is 25.8. The quantitative estimate of drug-likeness (QED) is 0.673. The molecule has 164 valence electrons. The van der Waals surface area contributed by atoms with Gasteiger partial charge in [0, 0.05) is 67.5 Å². The van der Waals surface area contributed by atoms with E-state index >= 15 is 0 Å². The highest BCUT2D eigenvalue weighted by Gasteiger charge is 2.38. The molecule has 0 spiro atoms. The molecule has 3 aromatic rings. The van der Waals surface area contributed by atoms with Gasteiger partial charge >= 0.3 is 0 Å². The molecule has 2 fully saturated rings. The van der Waals surface area contributed by atoms with Crippen molar-refractivity contribution in [3.8, 4) is 0 Å². The number of pyridine rings is 1. The lowest BCUT2D eigenvalue weighted by molar-refractivity contribution is 0.176. The first-order chi connectivity index (χ1) is 14.7. The summed E-state index contributed by atoms with van der Waals surface area (Å²) in [7, 11) is -3.17. The minimum atomic E-state index is -3.17. The van der Waals surface area contributed by atoms with Crippen molar-refractivity contribution in [2.24, 2.45) is 5.73 Å². The van der Waals surface area contributed by atoms with Crippen molar-refractivity contribution in [2.45, 2.75) is 36.2 Å². The van der Waals surface area contributed by atoms with Crippen molar-refractivity contribution >= 4 is 32.2 Å². The Kier molecular flexibility index (Phi) is 4.75. The maximum atomic E-state index is 11.7. The SMILES string of the molecule is CC1(N)CC(n2ccc3ccnc(N4CCN(c5ccc(S(C)(=O)=O)cc5)CC4)c32)C1. The van der Waals surface area contributed by atoms with Gasteiger partial charge in [-0.05, 0) is 56.2 Å². The minimum absolute atomic E-state index is 0.0675. The van der Waals surface area contributed by atoms with Crippen LogP contribution < -0.4 is 15.5 Å². The molecule has 0 atom stereocenters. The number of hydrogen-bond acceptors (Lipinski definition) is 6. The van der Waals surface area contributed by atoms with Gasteiger partial charge in [-0.15, -0.1) is 0 Å². The van der Waals surface area contributed by atoms with Crippen molar-refractivity contribution in [3.63, 3.8) is 0 Å². The van der Waals surface area contributed by atoms with Gasteiger partial charge in [0.25, 0.3) is 0 Å². The van der Waals surface area contributed by atoms with Gasteiger partial charge in [0.1, 0.15) is 0 Å². The molecule has 1 aliphatic heterocycles. The molecule has 1 saturated carbocycles. The van der Waals surface area contributed by atoms with Crippen LogP contribution >= 0.6 is 0 Å². The summed E-state index contributed by atoms with van der Waals surface area (Å²) in [5.41, 5.74) is 8.46. The third-order valence-electron chi connectivity index (χ3n) is 6.62. The van der Waals surface area contributed by atoms with Crippen molar-refractivity contribution < 1.29 is 8.42 Å². The van der Waals surface area contributed by atoms with Crippen LogP contribution in [0.15, 0.2) is 53.7 Å². The Hall–Kier alpha value is -2.58. The number of sulfone groups is 1. The standard InChI is InChI=1S/C23H29N5O2S/c1-23(24)15-19(16-23)28-10-8-17-7-9-25-22(21(17)28)27-13-11-26(12-14-27)18-3-5-20(6-4-18)31(2,29)30/h3-10,19H,11-16,24H2,1-2H3. The second-order valence-corrected chi connectivity index (χ2v) is 11.3. The molecular formula is C23H29N5O2S. The Morgan fingerprint density at radius 1 is 1.00 bits per heavy atom. The number of rotatable bonds is 4. The molecule has 2 aromatic heterocycles. The van der Waals surface area contributed by atoms with E-state index in [1.54, 1.807) is 12.1 Å². The second-order valence-electron chi connectivity index (χ2n) is 9.25. The molecule has 8 heteroatoms. The monoisotopic (exact) mass is 439 g/mol. The third kappa shape index (κ3) is 3.78. The number of nitrogens with zero attached hydrogens (tertiary/aromatic N) is 4. The van der Waals surface area contributed by atoms with Crippen LogP contribution in [-0.2, 0) is 9.84 Å². The van der Waals surface area contributed by atoms with Crippen LogP contribution in [0, 0.1) is 0 Å². The van der Waals surface area contributed by atoms with Crippen LogP contribution in [0.2, 0.25) is 0 Å². The Morgan fingerprint density at radius 2 is 1.65 bits per heavy atom. The lowest BCUT2D eigenvalue weighted by Gasteiger charge is -2.44. The van der Waals surface area contributed by atoms with E-state index in [4.69, 9.17) is 10.7 Å². The van der Waals surface area contributed by atoms with Crippen molar-refractivity contribution in [1.29, 1.82) is 0 Å². The molecular weight excluding hydrogens is 410 g/mol. The predicted octanol–water partition coefficient (Wildman–Crippen LogP) is 2.82. The van der Waals surface area contributed by atoms with Crippen molar-refractivity contribution in [3.05, 3.63) is 48.8 Å². The van der Waals surface area contributed by atoms with E-state index in [9.17, 15) is 8.42 Å². The molecule has 0 unspecified atom stereocenters. The van der Waals surface area contributed by atoms with Crippen molar-refractivity contribution in [2.75, 3.05) is 42.2 Å². The van der Waals surface area contributed by atoms with E-state index in [0.717, 1.165) is 50.5 Å². The Bertz CT molecular complexity index is 1200. The van der Waals surface area contributed by atoms with Crippen LogP contribution in [0.25, 0.3) is 10.9 Å². The molecule has 0 radical (unpaired) electrons. The average molecular weight is 440 g/mol. The van der Waals surface area contributed by atoms with E-state index in [1.807, 2.05) is 18.3 Å². The molecule has 31 heavy (non-hydrogen) atoms. The molecule has 2 aliphatic rings. The zero-order valence-electron chi connectivity index (χ0n) is 18.0. The fourth-order valence-corrected chi connectivity index (χ4v) is 5.55. The molecule has 2 N–H and O–H groups in total. The summed E-state index contributed by atoms with van der Waals surface area (Å²) in [4.78, 5) is 9.78. The smallest absolute Gasteiger partial charge is 0.175 e. The van der Waals surface area contributed by atoms with Gasteiger partial charge in [-0.1, -0.05) is 0 Å². The van der Waals surface area contributed by atoms with E-state index in [1.165, 1.54) is 17.2 Å². The number of benzene rings is 1. The lowest BCUT2D eigenvalue weighted by atomic mass is 9.75. The summed E-state index contributed by atoms with van der Waals surface area (Å²) in [6, 6.07) is 11.9. The molecule has 0 bridgehead atoms. The normalized spacial score (nSPS) is 24.4. The topological polar surface area (TPSA) is 84.5 Å². The number of piperazine rings is 1. The molecule has 0 amide bonds. The van der Waals surface area contributed by atoms with Crippen LogP contribution in [0.4, 0.5) is 11.5 Å². The summed E-state index contributed by atoms with van der Waals surface area (Å²) in [5.74, 6) is 1.04. The average Bonchev–Trinajstić information content (AvgIpc) is 3.15. The van der Waals surface area contributed by atoms with Gasteiger partial charge in [0.05, 0.1) is 10.4 Å². The molecule has 1 saturated heterocycles. The summed E-state index contributed by atoms with van der Waals surface area (Å²) in [5, 5.41) is 1.22. The largest absolute Gasteiger partial charge is 0.368 e. The Balaban J connectivity index is 1.34. The van der Waals surface area contributed by atoms with E-state index < -0.39 is 9.84 Å². The first kappa shape index (κ1) is 20.3. The highest BCUT2D eigenvalue weighted by Crippen LogP contribution is 2.42. The molecule has 1 aliphatic carbocycles. The van der Waals surface area contributed by atoms with E-state index in [2.05, 4.69) is 39.6 Å². The summed E-state index contributed by atoms with van der Waals surface area (Å²) in [6.45, 7) is 5.58. The van der Waals surface area contributed by atoms with Crippen LogP contribution in [0.3, 0.4) is 0 Å². The number of fused-ring (bicyclic) bond motifs is 1. The van der Waals surface area contributed by atoms with Gasteiger partial charge in [0.2, 0.25) is 0 Å². The summed E-state index contributed by atoms with van der Waals surface area (Å²) in [6.07, 6.45) is 7.29. The zero-order chi connectivity index (χ0) is 21.8. The molecule has 3 heterocycles. The van der Waals surface area contributed by atoms with Gasteiger partial charge < -0.3 is 20.1 Å². The number of aromatic nitrogens is 2. The number of anilines is 2. The number of hydrogen-bond donors (Lipinski definition) is 1. The highest BCUT2D eigenvalue weighted by molar-refractivity contribution is 7.90. The predicted molar refractivity (Wildman–Crippen MR) is 125 cm³/mol. The zero-order valence-corrected chi connectivity index (χ0v) is 18.8. The summed E-state index contributed by atoms with van der Waals surface area (Å²) >= 11 is 0. The first-order valence-electron chi connectivity index (χ1n) is 10.8. The Morgan fingerprint density at radius 3 is 2.26 bits per heavy atom. The van der Waals surface area contributed by atoms with Crippen LogP contribution in [0.1, 0.15) is 25.8 Å². The van der Waals surface area contributed by atoms with Gasteiger partial charge in [-0.25, -0.2) is 13.4 Å². The fraction of sp³-hybridized carbons (Fsp3) is 0.435. The highest BCUT2D eigenvalue weighted by atomic mass is 32.2. The Labute approximate surface area is 183 Å².